The van der Waals surface area contributed by atoms with Crippen LogP contribution in [0, 0.1) is 13.8 Å². The first-order valence-corrected chi connectivity index (χ1v) is 6.39. The van der Waals surface area contributed by atoms with Crippen molar-refractivity contribution in [3.8, 4) is 0 Å². The second kappa shape index (κ2) is 5.02. The third-order valence-electron chi connectivity index (χ3n) is 2.76. The maximum absolute atomic E-state index is 12.0. The van der Waals surface area contributed by atoms with Crippen molar-refractivity contribution >= 4 is 21.8 Å². The summed E-state index contributed by atoms with van der Waals surface area (Å²) >= 11 is 3.19. The highest BCUT2D eigenvalue weighted by Gasteiger charge is 2.18. The lowest BCUT2D eigenvalue weighted by atomic mass is 10.1. The monoisotopic (exact) mass is 311 g/mol. The summed E-state index contributed by atoms with van der Waals surface area (Å²) in [4.78, 5) is 12.0. The van der Waals surface area contributed by atoms with Gasteiger partial charge < -0.3 is 14.2 Å². The Labute approximate surface area is 113 Å². The topological polar surface area (TPSA) is 55.4 Å². The largest absolute Gasteiger partial charge is 0.466 e. The minimum Gasteiger partial charge on any atom is -0.466 e. The fraction of sp³-hybridized carbons (Fsp3) is 0.308. The summed E-state index contributed by atoms with van der Waals surface area (Å²) in [5.41, 5.74) is 1.47. The molecular weight excluding hydrogens is 298 g/mol. The van der Waals surface area contributed by atoms with Crippen molar-refractivity contribution < 1.29 is 13.6 Å². The Bertz CT molecular complexity index is 571. The van der Waals surface area contributed by atoms with Gasteiger partial charge in [-0.1, -0.05) is 0 Å². The van der Waals surface area contributed by atoms with Gasteiger partial charge in [-0.2, -0.15) is 0 Å². The van der Waals surface area contributed by atoms with Crippen molar-refractivity contribution in [3.05, 3.63) is 45.7 Å². The van der Waals surface area contributed by atoms with Crippen LogP contribution in [0.15, 0.2) is 31.9 Å². The number of hydrogen-bond acceptors (Lipinski definition) is 3. The number of halogens is 1. The number of carbonyl (C=O) groups is 1. The maximum Gasteiger partial charge on any atom is 0.256 e. The van der Waals surface area contributed by atoms with E-state index in [4.69, 9.17) is 8.83 Å². The van der Waals surface area contributed by atoms with Gasteiger partial charge in [0.05, 0.1) is 17.9 Å². The molecule has 1 unspecified atom stereocenters. The summed E-state index contributed by atoms with van der Waals surface area (Å²) in [6.45, 7) is 5.69. The van der Waals surface area contributed by atoms with E-state index in [9.17, 15) is 4.79 Å². The summed E-state index contributed by atoms with van der Waals surface area (Å²) in [6.07, 6.45) is 1.47. The van der Waals surface area contributed by atoms with Crippen molar-refractivity contribution in [3.63, 3.8) is 0 Å². The number of carbonyl (C=O) groups excluding carboxylic acids is 1. The van der Waals surface area contributed by atoms with Gasteiger partial charge in [0.1, 0.15) is 11.5 Å². The van der Waals surface area contributed by atoms with E-state index in [1.165, 1.54) is 6.26 Å². The maximum atomic E-state index is 12.0. The quantitative estimate of drug-likeness (QED) is 0.939. The van der Waals surface area contributed by atoms with Crippen LogP contribution in [0.5, 0.6) is 0 Å². The van der Waals surface area contributed by atoms with Gasteiger partial charge >= 0.3 is 0 Å². The number of rotatable bonds is 3. The number of nitrogens with one attached hydrogen (secondary N) is 1. The van der Waals surface area contributed by atoms with Crippen LogP contribution in [0.3, 0.4) is 0 Å². The Morgan fingerprint density at radius 1 is 1.44 bits per heavy atom. The first-order valence-electron chi connectivity index (χ1n) is 5.60. The Balaban J connectivity index is 2.13. The van der Waals surface area contributed by atoms with Gasteiger partial charge in [-0.05, 0) is 48.8 Å². The number of furan rings is 2. The molecule has 0 spiro atoms. The molecule has 0 saturated carbocycles. The molecule has 1 atom stereocenters. The van der Waals surface area contributed by atoms with Crippen LogP contribution < -0.4 is 5.32 Å². The molecule has 4 nitrogen and oxygen atoms in total. The zero-order chi connectivity index (χ0) is 13.3. The Morgan fingerprint density at radius 2 is 2.17 bits per heavy atom. The zero-order valence-electron chi connectivity index (χ0n) is 10.4. The molecule has 18 heavy (non-hydrogen) atoms. The lowest BCUT2D eigenvalue weighted by molar-refractivity contribution is 0.0938. The van der Waals surface area contributed by atoms with Gasteiger partial charge in [0.2, 0.25) is 0 Å². The molecule has 0 fully saturated rings. The molecule has 0 saturated heterocycles. The summed E-state index contributed by atoms with van der Waals surface area (Å²) in [5.74, 6) is 1.49. The molecule has 0 aliphatic carbocycles. The zero-order valence-corrected chi connectivity index (χ0v) is 12.0. The molecule has 0 aliphatic rings. The highest BCUT2D eigenvalue weighted by Crippen LogP contribution is 2.23. The second-order valence-corrected chi connectivity index (χ2v) is 4.89. The van der Waals surface area contributed by atoms with Crippen LogP contribution in [0.25, 0.3) is 0 Å². The average Bonchev–Trinajstić information content (AvgIpc) is 2.84. The Hall–Kier alpha value is -1.49. The lowest BCUT2D eigenvalue weighted by Gasteiger charge is -2.12. The van der Waals surface area contributed by atoms with Gasteiger partial charge in [-0.3, -0.25) is 4.79 Å². The summed E-state index contributed by atoms with van der Waals surface area (Å²) in [5, 5.41) is 2.90. The number of hydrogen-bond donors (Lipinski definition) is 1. The molecule has 2 aromatic heterocycles. The van der Waals surface area contributed by atoms with E-state index in [2.05, 4.69) is 21.2 Å². The molecule has 1 N–H and O–H groups in total. The molecule has 0 bridgehead atoms. The number of amides is 1. The highest BCUT2D eigenvalue weighted by atomic mass is 79.9. The van der Waals surface area contributed by atoms with E-state index in [0.717, 1.165) is 17.1 Å². The van der Waals surface area contributed by atoms with Gasteiger partial charge in [0.25, 0.3) is 5.91 Å². The summed E-state index contributed by atoms with van der Waals surface area (Å²) in [7, 11) is 0. The fourth-order valence-electron chi connectivity index (χ4n) is 1.89. The third kappa shape index (κ3) is 2.51. The lowest BCUT2D eigenvalue weighted by Crippen LogP contribution is -2.26. The first kappa shape index (κ1) is 13.0. The van der Waals surface area contributed by atoms with Crippen LogP contribution in [-0.4, -0.2) is 5.91 Å². The van der Waals surface area contributed by atoms with E-state index in [0.29, 0.717) is 10.2 Å². The van der Waals surface area contributed by atoms with Gasteiger partial charge in [0, 0.05) is 5.56 Å². The van der Waals surface area contributed by atoms with Crippen LogP contribution in [0.4, 0.5) is 0 Å². The molecule has 96 valence electrons. The average molecular weight is 312 g/mol. The molecule has 0 aromatic carbocycles. The predicted molar refractivity (Wildman–Crippen MR) is 70.5 cm³/mol. The molecule has 0 aliphatic heterocycles. The summed E-state index contributed by atoms with van der Waals surface area (Å²) < 4.78 is 10.9. The fourth-order valence-corrected chi connectivity index (χ4v) is 2.31. The molecule has 0 radical (unpaired) electrons. The van der Waals surface area contributed by atoms with Crippen molar-refractivity contribution in [2.45, 2.75) is 26.8 Å². The summed E-state index contributed by atoms with van der Waals surface area (Å²) in [6, 6.07) is 3.45. The van der Waals surface area contributed by atoms with Crippen LogP contribution in [0.1, 0.15) is 40.4 Å². The minimum absolute atomic E-state index is 0.114. The Kier molecular flexibility index (Phi) is 3.61. The van der Waals surface area contributed by atoms with Crippen molar-refractivity contribution in [2.75, 3.05) is 0 Å². The van der Waals surface area contributed by atoms with Crippen molar-refractivity contribution in [1.29, 1.82) is 0 Å². The van der Waals surface area contributed by atoms with Gasteiger partial charge in [-0.15, -0.1) is 0 Å². The van der Waals surface area contributed by atoms with Crippen LogP contribution in [-0.2, 0) is 0 Å². The molecule has 2 rings (SSSR count). The van der Waals surface area contributed by atoms with Gasteiger partial charge in [-0.25, -0.2) is 0 Å². The van der Waals surface area contributed by atoms with E-state index >= 15 is 0 Å². The van der Waals surface area contributed by atoms with Crippen LogP contribution >= 0.6 is 15.9 Å². The molecule has 5 heteroatoms. The smallest absolute Gasteiger partial charge is 0.256 e. The minimum atomic E-state index is -0.179. The normalized spacial score (nSPS) is 12.4. The van der Waals surface area contributed by atoms with Crippen molar-refractivity contribution in [1.82, 2.24) is 5.32 Å². The van der Waals surface area contributed by atoms with E-state index < -0.39 is 0 Å². The standard InChI is InChI=1S/C13H14BrNO3/c1-7-6-11(9(3)18-7)8(2)15-13(16)10-4-5-17-12(10)14/h4-6,8H,1-3H3,(H,15,16). The van der Waals surface area contributed by atoms with E-state index in [-0.39, 0.29) is 11.9 Å². The number of aryl methyl sites for hydroxylation is 2. The van der Waals surface area contributed by atoms with E-state index in [1.807, 2.05) is 26.8 Å². The SMILES string of the molecule is Cc1cc(C(C)NC(=O)c2ccoc2Br)c(C)o1. The predicted octanol–water partition coefficient (Wildman–Crippen LogP) is 3.74. The highest BCUT2D eigenvalue weighted by molar-refractivity contribution is 9.10. The van der Waals surface area contributed by atoms with E-state index in [1.54, 1.807) is 6.07 Å². The molecule has 2 heterocycles. The molecular formula is C13H14BrNO3. The second-order valence-electron chi connectivity index (χ2n) is 4.17. The molecule has 2 aromatic rings. The van der Waals surface area contributed by atoms with Gasteiger partial charge in [0.15, 0.2) is 4.67 Å². The first-order chi connectivity index (χ1) is 8.49. The van der Waals surface area contributed by atoms with Crippen molar-refractivity contribution in [2.24, 2.45) is 0 Å². The molecule has 1 amide bonds. The third-order valence-corrected chi connectivity index (χ3v) is 3.37. The van der Waals surface area contributed by atoms with Crippen LogP contribution in [0.2, 0.25) is 0 Å². The Morgan fingerprint density at radius 3 is 2.67 bits per heavy atom.